The fourth-order valence-corrected chi connectivity index (χ4v) is 7.42. The van der Waals surface area contributed by atoms with Crippen molar-refractivity contribution in [2.45, 2.75) is 264 Å². The number of carbonyl (C=O) groups is 3. The highest BCUT2D eigenvalue weighted by Crippen LogP contribution is 2.16. The van der Waals surface area contributed by atoms with E-state index in [9.17, 15) is 14.4 Å². The van der Waals surface area contributed by atoms with E-state index >= 15 is 0 Å². The lowest BCUT2D eigenvalue weighted by molar-refractivity contribution is -0.167. The van der Waals surface area contributed by atoms with Crippen molar-refractivity contribution >= 4 is 17.9 Å². The molecule has 0 aromatic carbocycles. The van der Waals surface area contributed by atoms with Crippen LogP contribution in [0.4, 0.5) is 0 Å². The Morgan fingerprint density at radius 2 is 0.710 bits per heavy atom. The van der Waals surface area contributed by atoms with Gasteiger partial charge in [-0.15, -0.1) is 0 Å². The Hall–Kier alpha value is -2.89. The van der Waals surface area contributed by atoms with Gasteiger partial charge in [-0.25, -0.2) is 0 Å². The summed E-state index contributed by atoms with van der Waals surface area (Å²) in [6.45, 7) is 6.38. The molecule has 0 fully saturated rings. The van der Waals surface area contributed by atoms with Crippen LogP contribution in [0.15, 0.2) is 60.8 Å². The highest BCUT2D eigenvalue weighted by molar-refractivity contribution is 5.71. The minimum atomic E-state index is -0.788. The van der Waals surface area contributed by atoms with Gasteiger partial charge >= 0.3 is 17.9 Å². The van der Waals surface area contributed by atoms with Gasteiger partial charge in [0, 0.05) is 19.3 Å². The van der Waals surface area contributed by atoms with E-state index in [0.717, 1.165) is 116 Å². The SMILES string of the molecule is CC\C=C/C=C\C=C/CCCCCCCC(=O)OC(COC(=O)CCCCCCC/C=C\C/C=C\CC)COC(=O)CCCCCCCCCCCCCCCCCCCCC. The summed E-state index contributed by atoms with van der Waals surface area (Å²) in [5, 5.41) is 0. The molecule has 6 nitrogen and oxygen atoms in total. The highest BCUT2D eigenvalue weighted by atomic mass is 16.6. The molecule has 0 radical (unpaired) electrons. The van der Waals surface area contributed by atoms with Gasteiger partial charge < -0.3 is 14.2 Å². The lowest BCUT2D eigenvalue weighted by Gasteiger charge is -2.18. The molecule has 1 unspecified atom stereocenters. The lowest BCUT2D eigenvalue weighted by atomic mass is 10.0. The first-order valence-corrected chi connectivity index (χ1v) is 26.3. The predicted octanol–water partition coefficient (Wildman–Crippen LogP) is 17.3. The smallest absolute Gasteiger partial charge is 0.306 e. The maximum atomic E-state index is 12.8. The van der Waals surface area contributed by atoms with Crippen molar-refractivity contribution in [2.75, 3.05) is 13.2 Å². The third kappa shape index (κ3) is 48.1. The molecule has 0 amide bonds. The molecule has 358 valence electrons. The first kappa shape index (κ1) is 59.1. The van der Waals surface area contributed by atoms with Crippen LogP contribution in [0.2, 0.25) is 0 Å². The van der Waals surface area contributed by atoms with Gasteiger partial charge in [0.1, 0.15) is 13.2 Å². The van der Waals surface area contributed by atoms with Gasteiger partial charge in [0.15, 0.2) is 6.10 Å². The Kier molecular flexibility index (Phi) is 48.4. The second-order valence-electron chi connectivity index (χ2n) is 17.4. The molecular weight excluding hydrogens is 769 g/mol. The van der Waals surface area contributed by atoms with Gasteiger partial charge in [-0.1, -0.05) is 236 Å². The number of esters is 3. The van der Waals surface area contributed by atoms with Gasteiger partial charge in [0.2, 0.25) is 0 Å². The van der Waals surface area contributed by atoms with Crippen molar-refractivity contribution in [2.24, 2.45) is 0 Å². The van der Waals surface area contributed by atoms with E-state index in [-0.39, 0.29) is 31.1 Å². The third-order valence-electron chi connectivity index (χ3n) is 11.3. The second kappa shape index (κ2) is 50.8. The second-order valence-corrected chi connectivity index (χ2v) is 17.4. The molecule has 62 heavy (non-hydrogen) atoms. The van der Waals surface area contributed by atoms with Crippen molar-refractivity contribution in [3.05, 3.63) is 60.8 Å². The first-order valence-electron chi connectivity index (χ1n) is 26.3. The van der Waals surface area contributed by atoms with Gasteiger partial charge in [0.25, 0.3) is 0 Å². The Labute approximate surface area is 383 Å². The van der Waals surface area contributed by atoms with Crippen molar-refractivity contribution < 1.29 is 28.6 Å². The van der Waals surface area contributed by atoms with E-state index in [1.54, 1.807) is 0 Å². The molecule has 0 N–H and O–H groups in total. The van der Waals surface area contributed by atoms with Crippen LogP contribution < -0.4 is 0 Å². The number of rotatable bonds is 47. The molecule has 0 aliphatic carbocycles. The van der Waals surface area contributed by atoms with E-state index < -0.39 is 6.10 Å². The zero-order valence-electron chi connectivity index (χ0n) is 40.9. The number of ether oxygens (including phenoxy) is 3. The van der Waals surface area contributed by atoms with E-state index in [4.69, 9.17) is 14.2 Å². The average molecular weight is 867 g/mol. The molecule has 0 saturated carbocycles. The summed E-state index contributed by atoms with van der Waals surface area (Å²) in [6, 6.07) is 0. The summed E-state index contributed by atoms with van der Waals surface area (Å²) in [5.41, 5.74) is 0. The number of hydrogen-bond acceptors (Lipinski definition) is 6. The standard InChI is InChI=1S/C56H98O6/c1-4-7-10-13-16-19-22-25-26-27-28-29-30-32-34-37-40-43-46-49-55(58)61-52-53(51-60-54(57)48-45-42-39-36-33-24-21-18-15-12-9-6-3)62-56(59)50-47-44-41-38-35-31-23-20-17-14-11-8-5-2/h8-9,11-12,14,17-18,20-21,23,53H,4-7,10,13,15-16,19,22,24-52H2,1-3H3/b11-8-,12-9-,17-14-,21-18-,23-20-. The molecule has 0 bridgehead atoms. The number of unbranched alkanes of at least 4 members (excludes halogenated alkanes) is 28. The highest BCUT2D eigenvalue weighted by Gasteiger charge is 2.19. The van der Waals surface area contributed by atoms with Crippen molar-refractivity contribution in [3.63, 3.8) is 0 Å². The summed E-state index contributed by atoms with van der Waals surface area (Å²) in [4.78, 5) is 38.0. The molecule has 1 atom stereocenters. The largest absolute Gasteiger partial charge is 0.462 e. The zero-order chi connectivity index (χ0) is 45.1. The molecule has 0 aliphatic rings. The van der Waals surface area contributed by atoms with Crippen LogP contribution in [0.25, 0.3) is 0 Å². The minimum Gasteiger partial charge on any atom is -0.462 e. The molecule has 0 heterocycles. The van der Waals surface area contributed by atoms with Gasteiger partial charge in [-0.2, -0.15) is 0 Å². The molecule has 0 aliphatic heterocycles. The number of carbonyl (C=O) groups excluding carboxylic acids is 3. The Bertz CT molecular complexity index is 1130. The average Bonchev–Trinajstić information content (AvgIpc) is 3.27. The zero-order valence-corrected chi connectivity index (χ0v) is 40.9. The lowest BCUT2D eigenvalue weighted by Crippen LogP contribution is -2.30. The van der Waals surface area contributed by atoms with Gasteiger partial charge in [0.05, 0.1) is 0 Å². The van der Waals surface area contributed by atoms with Crippen LogP contribution >= 0.6 is 0 Å². The van der Waals surface area contributed by atoms with E-state index in [0.29, 0.717) is 19.3 Å². The summed E-state index contributed by atoms with van der Waals surface area (Å²) >= 11 is 0. The quantitative estimate of drug-likeness (QED) is 0.0199. The molecule has 6 heteroatoms. The van der Waals surface area contributed by atoms with Gasteiger partial charge in [-0.05, 0) is 64.2 Å². The van der Waals surface area contributed by atoms with E-state index in [1.807, 2.05) is 0 Å². The third-order valence-corrected chi connectivity index (χ3v) is 11.3. The van der Waals surface area contributed by atoms with Crippen LogP contribution in [0.5, 0.6) is 0 Å². The number of allylic oxidation sites excluding steroid dienone is 10. The van der Waals surface area contributed by atoms with Crippen LogP contribution in [-0.4, -0.2) is 37.2 Å². The Morgan fingerprint density at radius 3 is 1.15 bits per heavy atom. The Morgan fingerprint density at radius 1 is 0.355 bits per heavy atom. The normalized spacial score (nSPS) is 12.5. The van der Waals surface area contributed by atoms with E-state index in [2.05, 4.69) is 81.5 Å². The van der Waals surface area contributed by atoms with Crippen LogP contribution in [-0.2, 0) is 28.6 Å². The molecule has 0 aromatic rings. The van der Waals surface area contributed by atoms with Crippen molar-refractivity contribution in [3.8, 4) is 0 Å². The van der Waals surface area contributed by atoms with Crippen LogP contribution in [0.1, 0.15) is 258 Å². The summed E-state index contributed by atoms with van der Waals surface area (Å²) in [6.07, 6.45) is 62.1. The van der Waals surface area contributed by atoms with Gasteiger partial charge in [-0.3, -0.25) is 14.4 Å². The summed E-state index contributed by atoms with van der Waals surface area (Å²) in [7, 11) is 0. The fourth-order valence-electron chi connectivity index (χ4n) is 7.42. The first-order chi connectivity index (χ1) is 30.5. The maximum absolute atomic E-state index is 12.8. The Balaban J connectivity index is 4.33. The monoisotopic (exact) mass is 867 g/mol. The van der Waals surface area contributed by atoms with Crippen molar-refractivity contribution in [1.82, 2.24) is 0 Å². The number of hydrogen-bond donors (Lipinski definition) is 0. The molecule has 0 rings (SSSR count). The fraction of sp³-hybridized carbons (Fsp3) is 0.768. The summed E-state index contributed by atoms with van der Waals surface area (Å²) in [5.74, 6) is -0.916. The molecule has 0 aromatic heterocycles. The predicted molar refractivity (Wildman–Crippen MR) is 265 cm³/mol. The molecule has 0 spiro atoms. The maximum Gasteiger partial charge on any atom is 0.306 e. The molecular formula is C56H98O6. The van der Waals surface area contributed by atoms with Crippen LogP contribution in [0.3, 0.4) is 0 Å². The summed E-state index contributed by atoms with van der Waals surface area (Å²) < 4.78 is 16.8. The van der Waals surface area contributed by atoms with Crippen LogP contribution in [0, 0.1) is 0 Å². The minimum absolute atomic E-state index is 0.0854. The molecule has 0 saturated heterocycles. The van der Waals surface area contributed by atoms with E-state index in [1.165, 1.54) is 103 Å². The topological polar surface area (TPSA) is 78.9 Å². The van der Waals surface area contributed by atoms with Crippen molar-refractivity contribution in [1.29, 1.82) is 0 Å².